The van der Waals surface area contributed by atoms with E-state index in [0.29, 0.717) is 15.5 Å². The van der Waals surface area contributed by atoms with Gasteiger partial charge in [-0.15, -0.1) is 0 Å². The summed E-state index contributed by atoms with van der Waals surface area (Å²) in [6, 6.07) is 3.78. The van der Waals surface area contributed by atoms with E-state index in [1.807, 2.05) is 28.7 Å². The lowest BCUT2D eigenvalue weighted by atomic mass is 10.0. The third-order valence-corrected chi connectivity index (χ3v) is 3.55. The third-order valence-electron chi connectivity index (χ3n) is 2.72. The van der Waals surface area contributed by atoms with Gasteiger partial charge in [-0.1, -0.05) is 13.8 Å². The number of nitrogens with one attached hydrogen (secondary N) is 2. The summed E-state index contributed by atoms with van der Waals surface area (Å²) in [7, 11) is 0. The largest absolute Gasteiger partial charge is 0.381 e. The molecule has 1 aliphatic heterocycles. The Kier molecular flexibility index (Phi) is 3.04. The van der Waals surface area contributed by atoms with E-state index in [1.165, 1.54) is 0 Å². The molecule has 0 radical (unpaired) electrons. The average Bonchev–Trinajstić information content (AvgIpc) is 2.19. The molecule has 0 aliphatic carbocycles. The Morgan fingerprint density at radius 3 is 2.80 bits per heavy atom. The molecule has 4 heteroatoms. The molecule has 0 saturated carbocycles. The van der Waals surface area contributed by atoms with Crippen molar-refractivity contribution in [3.05, 3.63) is 21.5 Å². The molecule has 15 heavy (non-hydrogen) atoms. The van der Waals surface area contributed by atoms with Gasteiger partial charge in [0.25, 0.3) is 0 Å². The van der Waals surface area contributed by atoms with E-state index < -0.39 is 0 Å². The lowest BCUT2D eigenvalue weighted by molar-refractivity contribution is 0.535. The van der Waals surface area contributed by atoms with Crippen molar-refractivity contribution in [1.82, 2.24) is 0 Å². The maximum absolute atomic E-state index is 13.4. The highest BCUT2D eigenvalue weighted by Crippen LogP contribution is 2.31. The van der Waals surface area contributed by atoms with Crippen LogP contribution >= 0.6 is 22.6 Å². The van der Waals surface area contributed by atoms with Gasteiger partial charge in [0, 0.05) is 18.7 Å². The Labute approximate surface area is 103 Å². The molecule has 1 aromatic carbocycles. The summed E-state index contributed by atoms with van der Waals surface area (Å²) in [5.41, 5.74) is 1.87. The van der Waals surface area contributed by atoms with Gasteiger partial charge in [-0.3, -0.25) is 0 Å². The fourth-order valence-corrected chi connectivity index (χ4v) is 2.15. The van der Waals surface area contributed by atoms with Crippen molar-refractivity contribution in [2.24, 2.45) is 5.92 Å². The molecule has 82 valence electrons. The van der Waals surface area contributed by atoms with Crippen LogP contribution in [0, 0.1) is 15.3 Å². The Balaban J connectivity index is 2.30. The van der Waals surface area contributed by atoms with E-state index in [1.54, 1.807) is 6.07 Å². The van der Waals surface area contributed by atoms with Gasteiger partial charge >= 0.3 is 0 Å². The van der Waals surface area contributed by atoms with Crippen molar-refractivity contribution in [3.8, 4) is 0 Å². The second-order valence-electron chi connectivity index (χ2n) is 4.19. The van der Waals surface area contributed by atoms with Gasteiger partial charge in [0.2, 0.25) is 0 Å². The molecule has 2 rings (SSSR count). The van der Waals surface area contributed by atoms with Crippen LogP contribution in [-0.2, 0) is 0 Å². The number of fused-ring (bicyclic) bond motifs is 1. The Morgan fingerprint density at radius 1 is 1.40 bits per heavy atom. The Bertz CT molecular complexity index is 379. The number of halogens is 2. The summed E-state index contributed by atoms with van der Waals surface area (Å²) in [6.45, 7) is 5.22. The molecular weight excluding hydrogens is 306 g/mol. The number of hydrogen-bond donors (Lipinski definition) is 2. The minimum Gasteiger partial charge on any atom is -0.381 e. The number of benzene rings is 1. The molecule has 0 saturated heterocycles. The molecule has 1 atom stereocenters. The zero-order valence-corrected chi connectivity index (χ0v) is 10.9. The first-order chi connectivity index (χ1) is 7.08. The predicted octanol–water partition coefficient (Wildman–Crippen LogP) is 3.29. The van der Waals surface area contributed by atoms with Crippen LogP contribution in [-0.4, -0.2) is 12.6 Å². The Hall–Kier alpha value is -0.520. The van der Waals surface area contributed by atoms with Crippen LogP contribution in [0.3, 0.4) is 0 Å². The number of rotatable bonds is 1. The van der Waals surface area contributed by atoms with Crippen molar-refractivity contribution in [2.45, 2.75) is 19.9 Å². The van der Waals surface area contributed by atoms with E-state index in [4.69, 9.17) is 0 Å². The highest BCUT2D eigenvalue weighted by atomic mass is 127. The molecule has 2 nitrogen and oxygen atoms in total. The average molecular weight is 320 g/mol. The van der Waals surface area contributed by atoms with Crippen LogP contribution < -0.4 is 10.6 Å². The SMILES string of the molecule is CC(C)C1CNc2cc(I)c(F)cc2N1. The fourth-order valence-electron chi connectivity index (χ4n) is 1.69. The first-order valence-corrected chi connectivity index (χ1v) is 6.15. The van der Waals surface area contributed by atoms with Gasteiger partial charge in [-0.05, 0) is 34.6 Å². The normalized spacial score (nSPS) is 19.4. The van der Waals surface area contributed by atoms with E-state index in [-0.39, 0.29) is 5.82 Å². The van der Waals surface area contributed by atoms with Crippen molar-refractivity contribution < 1.29 is 4.39 Å². The van der Waals surface area contributed by atoms with Crippen LogP contribution in [0.1, 0.15) is 13.8 Å². The quantitative estimate of drug-likeness (QED) is 0.776. The van der Waals surface area contributed by atoms with Crippen LogP contribution in [0.4, 0.5) is 15.8 Å². The van der Waals surface area contributed by atoms with Crippen LogP contribution in [0.5, 0.6) is 0 Å². The topological polar surface area (TPSA) is 24.1 Å². The Morgan fingerprint density at radius 2 is 2.13 bits per heavy atom. The molecule has 1 aliphatic rings. The maximum Gasteiger partial charge on any atom is 0.138 e. The zero-order valence-electron chi connectivity index (χ0n) is 8.77. The minimum absolute atomic E-state index is 0.159. The summed E-state index contributed by atoms with van der Waals surface area (Å²) in [6.07, 6.45) is 0. The molecule has 0 spiro atoms. The van der Waals surface area contributed by atoms with E-state index in [2.05, 4.69) is 24.5 Å². The van der Waals surface area contributed by atoms with Gasteiger partial charge in [0.15, 0.2) is 0 Å². The molecule has 0 aromatic heterocycles. The van der Waals surface area contributed by atoms with E-state index in [0.717, 1.165) is 17.9 Å². The van der Waals surface area contributed by atoms with Crippen molar-refractivity contribution >= 4 is 34.0 Å². The molecule has 1 aromatic rings. The van der Waals surface area contributed by atoms with E-state index >= 15 is 0 Å². The highest BCUT2D eigenvalue weighted by Gasteiger charge is 2.20. The van der Waals surface area contributed by atoms with Gasteiger partial charge in [-0.2, -0.15) is 0 Å². The van der Waals surface area contributed by atoms with Crippen LogP contribution in [0.2, 0.25) is 0 Å². The predicted molar refractivity (Wildman–Crippen MR) is 69.9 cm³/mol. The third kappa shape index (κ3) is 2.19. The molecule has 0 amide bonds. The standard InChI is InChI=1S/C11H14FIN2/c1-6(2)11-5-14-9-4-8(13)7(12)3-10(9)15-11/h3-4,6,11,14-15H,5H2,1-2H3. The molecule has 1 heterocycles. The van der Waals surface area contributed by atoms with Gasteiger partial charge in [0.05, 0.1) is 14.9 Å². The first-order valence-electron chi connectivity index (χ1n) is 5.07. The lowest BCUT2D eigenvalue weighted by Crippen LogP contribution is -2.37. The maximum atomic E-state index is 13.4. The molecule has 2 N–H and O–H groups in total. The van der Waals surface area contributed by atoms with Gasteiger partial charge in [0.1, 0.15) is 5.82 Å². The van der Waals surface area contributed by atoms with Gasteiger partial charge in [-0.25, -0.2) is 4.39 Å². The van der Waals surface area contributed by atoms with Crippen LogP contribution in [0.25, 0.3) is 0 Å². The minimum atomic E-state index is -0.159. The molecular formula is C11H14FIN2. The summed E-state index contributed by atoms with van der Waals surface area (Å²) >= 11 is 2.01. The summed E-state index contributed by atoms with van der Waals surface area (Å²) in [5.74, 6) is 0.376. The van der Waals surface area contributed by atoms with Crippen molar-refractivity contribution in [1.29, 1.82) is 0 Å². The second-order valence-corrected chi connectivity index (χ2v) is 5.35. The number of anilines is 2. The van der Waals surface area contributed by atoms with Crippen LogP contribution in [0.15, 0.2) is 12.1 Å². The summed E-state index contributed by atoms with van der Waals surface area (Å²) in [4.78, 5) is 0. The summed E-state index contributed by atoms with van der Waals surface area (Å²) < 4.78 is 14.0. The van der Waals surface area contributed by atoms with Crippen molar-refractivity contribution in [3.63, 3.8) is 0 Å². The van der Waals surface area contributed by atoms with Crippen molar-refractivity contribution in [2.75, 3.05) is 17.2 Å². The second kappa shape index (κ2) is 4.15. The fraction of sp³-hybridized carbons (Fsp3) is 0.455. The van der Waals surface area contributed by atoms with Gasteiger partial charge < -0.3 is 10.6 Å². The first kappa shape index (κ1) is 11.0. The molecule has 0 fully saturated rings. The molecule has 1 unspecified atom stereocenters. The number of hydrogen-bond acceptors (Lipinski definition) is 2. The monoisotopic (exact) mass is 320 g/mol. The van der Waals surface area contributed by atoms with E-state index in [9.17, 15) is 4.39 Å². The summed E-state index contributed by atoms with van der Waals surface area (Å²) in [5, 5.41) is 6.69. The molecule has 0 bridgehead atoms. The smallest absolute Gasteiger partial charge is 0.138 e. The lowest BCUT2D eigenvalue weighted by Gasteiger charge is -2.31. The zero-order chi connectivity index (χ0) is 11.0. The highest BCUT2D eigenvalue weighted by molar-refractivity contribution is 14.1.